The van der Waals surface area contributed by atoms with Crippen LogP contribution < -0.4 is 0 Å². The Balaban J connectivity index is 2.13. The zero-order chi connectivity index (χ0) is 12.5. The molecule has 0 aliphatic carbocycles. The maximum atomic E-state index is 5.37. The molecule has 1 aromatic carbocycles. The number of hydrogen-bond donors (Lipinski definition) is 1. The molecule has 0 spiro atoms. The summed E-state index contributed by atoms with van der Waals surface area (Å²) in [5.74, 6) is 0. The molecule has 0 amide bonds. The van der Waals surface area contributed by atoms with E-state index >= 15 is 0 Å². The van der Waals surface area contributed by atoms with Crippen LogP contribution in [0.2, 0.25) is 0 Å². The van der Waals surface area contributed by atoms with Gasteiger partial charge in [-0.25, -0.2) is 0 Å². The van der Waals surface area contributed by atoms with E-state index in [1.54, 1.807) is 12.4 Å². The van der Waals surface area contributed by atoms with Crippen LogP contribution in [0.4, 0.5) is 0 Å². The van der Waals surface area contributed by atoms with Gasteiger partial charge in [0.25, 0.3) is 0 Å². The van der Waals surface area contributed by atoms with Crippen molar-refractivity contribution in [3.63, 3.8) is 0 Å². The first kappa shape index (κ1) is 11.2. The first-order valence-corrected chi connectivity index (χ1v) is 6.23. The topological polar surface area (TPSA) is 33.6 Å². The third-order valence-corrected chi connectivity index (χ3v) is 3.49. The molecule has 18 heavy (non-hydrogen) atoms. The number of pyridine rings is 1. The Kier molecular flexibility index (Phi) is 2.72. The summed E-state index contributed by atoms with van der Waals surface area (Å²) in [7, 11) is 0. The Bertz CT molecular complexity index is 755. The van der Waals surface area contributed by atoms with Gasteiger partial charge >= 0.3 is 0 Å². The minimum absolute atomic E-state index is 0.737. The molecule has 0 saturated carbocycles. The molecule has 2 heterocycles. The molecule has 0 unspecified atom stereocenters. The van der Waals surface area contributed by atoms with Crippen molar-refractivity contribution in [1.82, 2.24) is 14.5 Å². The largest absolute Gasteiger partial charge is 0.329 e. The van der Waals surface area contributed by atoms with Gasteiger partial charge in [0.05, 0.1) is 23.8 Å². The predicted molar refractivity (Wildman–Crippen MR) is 75.2 cm³/mol. The molecule has 0 aliphatic heterocycles. The monoisotopic (exact) mass is 255 g/mol. The normalized spacial score (nSPS) is 10.9. The van der Waals surface area contributed by atoms with Crippen LogP contribution in [0.1, 0.15) is 11.1 Å². The quantitative estimate of drug-likeness (QED) is 0.712. The summed E-state index contributed by atoms with van der Waals surface area (Å²) < 4.78 is 2.84. The van der Waals surface area contributed by atoms with Crippen LogP contribution >= 0.6 is 12.2 Å². The molecule has 0 bridgehead atoms. The van der Waals surface area contributed by atoms with E-state index in [1.807, 2.05) is 6.07 Å². The number of rotatable bonds is 2. The van der Waals surface area contributed by atoms with Crippen molar-refractivity contribution in [3.8, 4) is 0 Å². The molecule has 0 radical (unpaired) electrons. The molecule has 0 fully saturated rings. The van der Waals surface area contributed by atoms with Gasteiger partial charge in [0.2, 0.25) is 0 Å². The zero-order valence-electron chi connectivity index (χ0n) is 10.1. The molecule has 3 rings (SSSR count). The highest BCUT2D eigenvalue weighted by Gasteiger charge is 2.05. The molecule has 90 valence electrons. The molecule has 3 nitrogen and oxygen atoms in total. The first-order chi connectivity index (χ1) is 8.75. The summed E-state index contributed by atoms with van der Waals surface area (Å²) in [5.41, 5.74) is 4.64. The van der Waals surface area contributed by atoms with Crippen molar-refractivity contribution in [3.05, 3.63) is 58.6 Å². The summed E-state index contributed by atoms with van der Waals surface area (Å²) in [5, 5.41) is 0. The second-order valence-electron chi connectivity index (χ2n) is 4.34. The van der Waals surface area contributed by atoms with E-state index in [0.717, 1.165) is 22.3 Å². The Morgan fingerprint density at radius 3 is 2.94 bits per heavy atom. The zero-order valence-corrected chi connectivity index (χ0v) is 10.9. The van der Waals surface area contributed by atoms with Crippen LogP contribution in [-0.2, 0) is 6.54 Å². The maximum Gasteiger partial charge on any atom is 0.178 e. The SMILES string of the molecule is Cc1ccccc1Cn1c(=S)[nH]c2cnccc21. The summed E-state index contributed by atoms with van der Waals surface area (Å²) in [6.45, 7) is 2.91. The number of aromatic nitrogens is 3. The lowest BCUT2D eigenvalue weighted by Gasteiger charge is -2.07. The Labute approximate surface area is 110 Å². The third kappa shape index (κ3) is 1.84. The fraction of sp³-hybridized carbons (Fsp3) is 0.143. The lowest BCUT2D eigenvalue weighted by molar-refractivity contribution is 0.805. The van der Waals surface area contributed by atoms with Gasteiger partial charge in [0, 0.05) is 6.20 Å². The minimum Gasteiger partial charge on any atom is -0.329 e. The lowest BCUT2D eigenvalue weighted by Crippen LogP contribution is -2.01. The molecule has 0 atom stereocenters. The number of hydrogen-bond acceptors (Lipinski definition) is 2. The maximum absolute atomic E-state index is 5.37. The third-order valence-electron chi connectivity index (χ3n) is 3.17. The number of aryl methyl sites for hydroxylation is 1. The van der Waals surface area contributed by atoms with E-state index in [1.165, 1.54) is 11.1 Å². The molecule has 2 aromatic heterocycles. The minimum atomic E-state index is 0.737. The number of nitrogens with zero attached hydrogens (tertiary/aromatic N) is 2. The van der Waals surface area contributed by atoms with Gasteiger partial charge < -0.3 is 9.55 Å². The van der Waals surface area contributed by atoms with Crippen LogP contribution in [-0.4, -0.2) is 14.5 Å². The second-order valence-corrected chi connectivity index (χ2v) is 4.72. The summed E-state index contributed by atoms with van der Waals surface area (Å²) >= 11 is 5.37. The molecule has 1 N–H and O–H groups in total. The predicted octanol–water partition coefficient (Wildman–Crippen LogP) is 3.45. The number of fused-ring (bicyclic) bond motifs is 1. The van der Waals surface area contributed by atoms with Gasteiger partial charge in [0.1, 0.15) is 0 Å². The van der Waals surface area contributed by atoms with E-state index in [-0.39, 0.29) is 0 Å². The Morgan fingerprint density at radius 2 is 2.11 bits per heavy atom. The van der Waals surface area contributed by atoms with Gasteiger partial charge in [-0.1, -0.05) is 24.3 Å². The summed E-state index contributed by atoms with van der Waals surface area (Å²) in [6.07, 6.45) is 3.60. The second kappa shape index (κ2) is 4.38. The van der Waals surface area contributed by atoms with E-state index in [9.17, 15) is 0 Å². The average Bonchev–Trinajstić information content (AvgIpc) is 2.69. The number of H-pyrrole nitrogens is 1. The Morgan fingerprint density at radius 1 is 1.28 bits per heavy atom. The van der Waals surface area contributed by atoms with Gasteiger partial charge in [-0.3, -0.25) is 4.98 Å². The van der Waals surface area contributed by atoms with Crippen molar-refractivity contribution in [2.75, 3.05) is 0 Å². The molecule has 4 heteroatoms. The lowest BCUT2D eigenvalue weighted by atomic mass is 10.1. The first-order valence-electron chi connectivity index (χ1n) is 5.83. The van der Waals surface area contributed by atoms with Gasteiger partial charge in [-0.15, -0.1) is 0 Å². The fourth-order valence-corrected chi connectivity index (χ4v) is 2.40. The van der Waals surface area contributed by atoms with Crippen LogP contribution in [0.15, 0.2) is 42.7 Å². The smallest absolute Gasteiger partial charge is 0.178 e. The van der Waals surface area contributed by atoms with Crippen LogP contribution in [0.5, 0.6) is 0 Å². The van der Waals surface area contributed by atoms with E-state index in [4.69, 9.17) is 12.2 Å². The number of nitrogens with one attached hydrogen (secondary N) is 1. The highest BCUT2D eigenvalue weighted by Crippen LogP contribution is 2.16. The Hall–Kier alpha value is -1.94. The molecular weight excluding hydrogens is 242 g/mol. The van der Waals surface area contributed by atoms with Crippen molar-refractivity contribution in [1.29, 1.82) is 0 Å². The van der Waals surface area contributed by atoms with E-state index in [2.05, 4.69) is 45.7 Å². The average molecular weight is 255 g/mol. The van der Waals surface area contributed by atoms with E-state index < -0.39 is 0 Å². The molecule has 0 saturated heterocycles. The van der Waals surface area contributed by atoms with Crippen LogP contribution in [0.3, 0.4) is 0 Å². The summed E-state index contributed by atoms with van der Waals surface area (Å²) in [6, 6.07) is 10.4. The van der Waals surface area contributed by atoms with Crippen molar-refractivity contribution in [2.45, 2.75) is 13.5 Å². The van der Waals surface area contributed by atoms with Crippen molar-refractivity contribution >= 4 is 23.3 Å². The number of benzene rings is 1. The van der Waals surface area contributed by atoms with Gasteiger partial charge in [0.15, 0.2) is 4.77 Å². The highest BCUT2D eigenvalue weighted by molar-refractivity contribution is 7.71. The number of aromatic amines is 1. The summed E-state index contributed by atoms with van der Waals surface area (Å²) in [4.78, 5) is 7.28. The van der Waals surface area contributed by atoms with Crippen molar-refractivity contribution < 1.29 is 0 Å². The molecule has 0 aliphatic rings. The van der Waals surface area contributed by atoms with Crippen LogP contribution in [0, 0.1) is 11.7 Å². The van der Waals surface area contributed by atoms with Gasteiger partial charge in [-0.2, -0.15) is 0 Å². The van der Waals surface area contributed by atoms with Crippen LogP contribution in [0.25, 0.3) is 11.0 Å². The molecule has 3 aromatic rings. The standard InChI is InChI=1S/C14H13N3S/c1-10-4-2-3-5-11(10)9-17-13-6-7-15-8-12(13)16-14(17)18/h2-8H,9H2,1H3,(H,16,18). The highest BCUT2D eigenvalue weighted by atomic mass is 32.1. The van der Waals surface area contributed by atoms with E-state index in [0.29, 0.717) is 0 Å². The fourth-order valence-electron chi connectivity index (χ4n) is 2.13. The number of imidazole rings is 1. The van der Waals surface area contributed by atoms with Crippen molar-refractivity contribution in [2.24, 2.45) is 0 Å². The molecular formula is C14H13N3S. The van der Waals surface area contributed by atoms with Gasteiger partial charge in [-0.05, 0) is 36.3 Å².